The molecular formula is C15H19ClFNO. The third-order valence-corrected chi connectivity index (χ3v) is 4.21. The number of benzene rings is 1. The van der Waals surface area contributed by atoms with Crippen molar-refractivity contribution in [2.45, 2.75) is 45.1 Å². The molecule has 1 amide bonds. The summed E-state index contributed by atoms with van der Waals surface area (Å²) in [4.78, 5) is 12.0. The maximum Gasteiger partial charge on any atom is 0.224 e. The number of halogens is 2. The highest BCUT2D eigenvalue weighted by Crippen LogP contribution is 2.24. The first-order valence-electron chi connectivity index (χ1n) is 6.80. The fraction of sp³-hybridized carbons (Fsp3) is 0.533. The Balaban J connectivity index is 1.97. The number of amides is 1. The molecule has 1 aromatic carbocycles. The molecule has 0 spiro atoms. The molecule has 0 radical (unpaired) electrons. The summed E-state index contributed by atoms with van der Waals surface area (Å²) in [6.45, 7) is 2.15. The van der Waals surface area contributed by atoms with Crippen LogP contribution < -0.4 is 5.32 Å². The van der Waals surface area contributed by atoms with Gasteiger partial charge in [0.2, 0.25) is 5.91 Å². The van der Waals surface area contributed by atoms with Gasteiger partial charge in [-0.25, -0.2) is 4.39 Å². The largest absolute Gasteiger partial charge is 0.353 e. The van der Waals surface area contributed by atoms with Crippen molar-refractivity contribution in [3.8, 4) is 0 Å². The van der Waals surface area contributed by atoms with E-state index in [1.54, 1.807) is 12.1 Å². The van der Waals surface area contributed by atoms with Crippen molar-refractivity contribution in [1.82, 2.24) is 5.32 Å². The highest BCUT2D eigenvalue weighted by Gasteiger charge is 2.23. The minimum atomic E-state index is -0.417. The van der Waals surface area contributed by atoms with Gasteiger partial charge in [-0.2, -0.15) is 0 Å². The van der Waals surface area contributed by atoms with Crippen LogP contribution in [-0.4, -0.2) is 11.9 Å². The Labute approximate surface area is 118 Å². The highest BCUT2D eigenvalue weighted by atomic mass is 35.5. The van der Waals surface area contributed by atoms with Crippen molar-refractivity contribution in [2.24, 2.45) is 5.92 Å². The van der Waals surface area contributed by atoms with Crippen molar-refractivity contribution in [3.63, 3.8) is 0 Å². The predicted molar refractivity (Wildman–Crippen MR) is 74.7 cm³/mol. The van der Waals surface area contributed by atoms with E-state index in [0.717, 1.165) is 19.3 Å². The van der Waals surface area contributed by atoms with Gasteiger partial charge in [0.05, 0.1) is 6.42 Å². The lowest BCUT2D eigenvalue weighted by Crippen LogP contribution is -2.41. The van der Waals surface area contributed by atoms with Crippen LogP contribution in [0.4, 0.5) is 4.39 Å². The Morgan fingerprint density at radius 1 is 1.42 bits per heavy atom. The van der Waals surface area contributed by atoms with Crippen LogP contribution >= 0.6 is 11.6 Å². The summed E-state index contributed by atoms with van der Waals surface area (Å²) in [5.41, 5.74) is 0.283. The summed E-state index contributed by atoms with van der Waals surface area (Å²) in [7, 11) is 0. The Morgan fingerprint density at radius 2 is 2.16 bits per heavy atom. The molecule has 1 aromatic rings. The van der Waals surface area contributed by atoms with Gasteiger partial charge >= 0.3 is 0 Å². The second kappa shape index (κ2) is 6.38. The van der Waals surface area contributed by atoms with Gasteiger partial charge in [0.15, 0.2) is 0 Å². The third-order valence-electron chi connectivity index (χ3n) is 3.86. The molecule has 1 saturated carbocycles. The van der Waals surface area contributed by atoms with Gasteiger partial charge in [0.25, 0.3) is 0 Å². The predicted octanol–water partition coefficient (Wildman–Crippen LogP) is 3.72. The van der Waals surface area contributed by atoms with E-state index in [1.165, 1.54) is 12.5 Å². The molecule has 0 unspecified atom stereocenters. The van der Waals surface area contributed by atoms with Crippen LogP contribution in [0.3, 0.4) is 0 Å². The quantitative estimate of drug-likeness (QED) is 0.900. The molecule has 0 bridgehead atoms. The van der Waals surface area contributed by atoms with E-state index in [4.69, 9.17) is 11.6 Å². The van der Waals surface area contributed by atoms with Crippen LogP contribution in [0.1, 0.15) is 38.2 Å². The molecule has 0 aromatic heterocycles. The fourth-order valence-corrected chi connectivity index (χ4v) is 2.88. The number of carbonyl (C=O) groups excluding carboxylic acids is 1. The van der Waals surface area contributed by atoms with Crippen LogP contribution in [-0.2, 0) is 11.2 Å². The van der Waals surface area contributed by atoms with Gasteiger partial charge in [-0.05, 0) is 30.9 Å². The lowest BCUT2D eigenvalue weighted by atomic mass is 9.86. The zero-order chi connectivity index (χ0) is 13.8. The van der Waals surface area contributed by atoms with Crippen LogP contribution in [0, 0.1) is 11.7 Å². The normalized spacial score (nSPS) is 23.1. The first kappa shape index (κ1) is 14.3. The average Bonchev–Trinajstić information content (AvgIpc) is 2.37. The Kier molecular flexibility index (Phi) is 4.81. The van der Waals surface area contributed by atoms with E-state index in [0.29, 0.717) is 10.9 Å². The molecule has 0 heterocycles. The summed E-state index contributed by atoms with van der Waals surface area (Å²) in [6, 6.07) is 4.70. The number of hydrogen-bond donors (Lipinski definition) is 1. The van der Waals surface area contributed by atoms with Gasteiger partial charge < -0.3 is 5.32 Å². The number of hydrogen-bond acceptors (Lipinski definition) is 1. The molecule has 104 valence electrons. The summed E-state index contributed by atoms with van der Waals surface area (Å²) in [5.74, 6) is -0.0705. The molecule has 2 nitrogen and oxygen atoms in total. The second-order valence-electron chi connectivity index (χ2n) is 5.31. The molecule has 1 aliphatic carbocycles. The topological polar surface area (TPSA) is 29.1 Å². The van der Waals surface area contributed by atoms with Gasteiger partial charge in [0.1, 0.15) is 5.82 Å². The van der Waals surface area contributed by atoms with E-state index in [-0.39, 0.29) is 23.9 Å². The Hall–Kier alpha value is -1.09. The maximum atomic E-state index is 13.6. The highest BCUT2D eigenvalue weighted by molar-refractivity contribution is 6.31. The zero-order valence-electron chi connectivity index (χ0n) is 11.1. The SMILES string of the molecule is C[C@H]1CCCC[C@H]1NC(=O)Cc1c(F)cccc1Cl. The number of nitrogens with one attached hydrogen (secondary N) is 1. The zero-order valence-corrected chi connectivity index (χ0v) is 11.8. The Bertz CT molecular complexity index is 443. The maximum absolute atomic E-state index is 13.6. The molecule has 0 aliphatic heterocycles. The van der Waals surface area contributed by atoms with Crippen molar-refractivity contribution < 1.29 is 9.18 Å². The molecule has 19 heavy (non-hydrogen) atoms. The lowest BCUT2D eigenvalue weighted by molar-refractivity contribution is -0.121. The summed E-state index contributed by atoms with van der Waals surface area (Å²) < 4.78 is 13.6. The van der Waals surface area contributed by atoms with E-state index >= 15 is 0 Å². The molecule has 1 N–H and O–H groups in total. The van der Waals surface area contributed by atoms with Crippen LogP contribution in [0.15, 0.2) is 18.2 Å². The first-order chi connectivity index (χ1) is 9.08. The molecule has 0 saturated heterocycles. The fourth-order valence-electron chi connectivity index (χ4n) is 2.65. The van der Waals surface area contributed by atoms with Crippen molar-refractivity contribution in [1.29, 1.82) is 0 Å². The third kappa shape index (κ3) is 3.69. The van der Waals surface area contributed by atoms with Gasteiger partial charge in [-0.3, -0.25) is 4.79 Å². The summed E-state index contributed by atoms with van der Waals surface area (Å²) in [6.07, 6.45) is 4.54. The van der Waals surface area contributed by atoms with E-state index in [2.05, 4.69) is 12.2 Å². The van der Waals surface area contributed by atoms with E-state index in [9.17, 15) is 9.18 Å². The van der Waals surface area contributed by atoms with Gasteiger partial charge in [0, 0.05) is 16.6 Å². The number of rotatable bonds is 3. The van der Waals surface area contributed by atoms with Gasteiger partial charge in [-0.15, -0.1) is 0 Å². The molecule has 1 aliphatic rings. The minimum absolute atomic E-state index is 0.00866. The van der Waals surface area contributed by atoms with Crippen molar-refractivity contribution >= 4 is 17.5 Å². The van der Waals surface area contributed by atoms with Gasteiger partial charge in [-0.1, -0.05) is 37.4 Å². The summed E-state index contributed by atoms with van der Waals surface area (Å²) >= 11 is 5.93. The molecule has 2 rings (SSSR count). The molecular weight excluding hydrogens is 265 g/mol. The molecule has 2 atom stereocenters. The van der Waals surface area contributed by atoms with Crippen molar-refractivity contribution in [2.75, 3.05) is 0 Å². The van der Waals surface area contributed by atoms with Crippen LogP contribution in [0.2, 0.25) is 5.02 Å². The minimum Gasteiger partial charge on any atom is -0.353 e. The smallest absolute Gasteiger partial charge is 0.224 e. The lowest BCUT2D eigenvalue weighted by Gasteiger charge is -2.29. The molecule has 4 heteroatoms. The monoisotopic (exact) mass is 283 g/mol. The number of carbonyl (C=O) groups is 1. The average molecular weight is 284 g/mol. The molecule has 1 fully saturated rings. The first-order valence-corrected chi connectivity index (χ1v) is 7.18. The summed E-state index contributed by atoms with van der Waals surface area (Å²) in [5, 5.41) is 3.32. The van der Waals surface area contributed by atoms with E-state index < -0.39 is 5.82 Å². The second-order valence-corrected chi connectivity index (χ2v) is 5.72. The van der Waals surface area contributed by atoms with Crippen LogP contribution in [0.25, 0.3) is 0 Å². The van der Waals surface area contributed by atoms with Crippen molar-refractivity contribution in [3.05, 3.63) is 34.6 Å². The standard InChI is InChI=1S/C15H19ClFNO/c1-10-5-2-3-8-14(10)18-15(19)9-11-12(16)6-4-7-13(11)17/h4,6-7,10,14H,2-3,5,8-9H2,1H3,(H,18,19)/t10-,14+/m0/s1. The van der Waals surface area contributed by atoms with E-state index in [1.807, 2.05) is 0 Å². The Morgan fingerprint density at radius 3 is 2.84 bits per heavy atom. The van der Waals surface area contributed by atoms with Crippen LogP contribution in [0.5, 0.6) is 0 Å².